The number of nitrogens with zero attached hydrogens (tertiary/aromatic N) is 3. The molecule has 2 atom stereocenters. The molecule has 0 aliphatic rings. The van der Waals surface area contributed by atoms with Crippen LogP contribution in [-0.2, 0) is 25.6 Å². The number of anilines is 2. The van der Waals surface area contributed by atoms with Crippen molar-refractivity contribution in [3.63, 3.8) is 0 Å². The van der Waals surface area contributed by atoms with Crippen LogP contribution in [0, 0.1) is 5.92 Å². The number of carbonyl (C=O) groups is 1. The highest BCUT2D eigenvalue weighted by Crippen LogP contribution is 2.33. The Balaban J connectivity index is 2.54. The number of allylic oxidation sites excluding steroid dienone is 2. The van der Waals surface area contributed by atoms with Crippen molar-refractivity contribution in [1.82, 2.24) is 9.97 Å². The van der Waals surface area contributed by atoms with Gasteiger partial charge in [-0.25, -0.2) is 4.98 Å². The van der Waals surface area contributed by atoms with Crippen molar-refractivity contribution in [2.24, 2.45) is 11.1 Å². The molecule has 0 aliphatic carbocycles. The second-order valence-electron chi connectivity index (χ2n) is 6.95. The average Bonchev–Trinajstić information content (AvgIpc) is 2.79. The maximum Gasteiger partial charge on any atom is 0.215 e. The fraction of sp³-hybridized carbons (Fsp3) is 0.318. The fourth-order valence-electron chi connectivity index (χ4n) is 2.93. The van der Waals surface area contributed by atoms with Crippen molar-refractivity contribution in [2.75, 3.05) is 30.9 Å². The molecule has 2 aromatic heterocycles. The minimum absolute atomic E-state index is 0.338. The molecule has 0 saturated carbocycles. The molecule has 0 saturated heterocycles. The number of aromatic nitrogens is 2. The minimum atomic E-state index is -0.815. The van der Waals surface area contributed by atoms with Crippen molar-refractivity contribution in [3.05, 3.63) is 53.6 Å². The van der Waals surface area contributed by atoms with Gasteiger partial charge in [0.2, 0.25) is 12.3 Å². The standard InChI is InChI=1S/C22H29N5O2S2/c1-6-15(2)11-17(8-7-16(3)31(23)30)13-27(14-28)21-18-9-10-20(29-5)26-22(18)25-12-19(21)24-4/h7-12,14-15,24H,3,6,13,23H2,1-2,4-5H3/b8-7-,17-11+. The molecule has 2 heterocycles. The lowest BCUT2D eigenvalue weighted by Crippen LogP contribution is -2.25. The van der Waals surface area contributed by atoms with E-state index in [1.54, 1.807) is 31.3 Å². The number of nitrogens with one attached hydrogen (secondary N) is 1. The van der Waals surface area contributed by atoms with Gasteiger partial charge in [-0.3, -0.25) is 9.93 Å². The van der Waals surface area contributed by atoms with Crippen molar-refractivity contribution in [3.8, 4) is 5.88 Å². The summed E-state index contributed by atoms with van der Waals surface area (Å²) in [5.74, 6) is 0.797. The van der Waals surface area contributed by atoms with Crippen LogP contribution in [0.1, 0.15) is 20.3 Å². The lowest BCUT2D eigenvalue weighted by molar-refractivity contribution is -0.107. The van der Waals surface area contributed by atoms with Crippen LogP contribution in [0.25, 0.3) is 11.0 Å². The third kappa shape index (κ3) is 6.43. The summed E-state index contributed by atoms with van der Waals surface area (Å²) in [6.45, 7) is 8.52. The first kappa shape index (κ1) is 24.6. The maximum absolute atomic E-state index is 12.2. The maximum atomic E-state index is 12.2. The molecule has 0 aromatic carbocycles. The quantitative estimate of drug-likeness (QED) is 0.391. The van der Waals surface area contributed by atoms with E-state index in [-0.39, 0.29) is 0 Å². The van der Waals surface area contributed by atoms with E-state index in [0.29, 0.717) is 34.6 Å². The SMILES string of the molecule is C=C(/C=C\C(=C/C(C)CC)CN(C=O)c1c(NC)cnc2nc(OC)ccc12)S(N)=S. The van der Waals surface area contributed by atoms with Gasteiger partial charge < -0.3 is 15.0 Å². The molecule has 0 fully saturated rings. The summed E-state index contributed by atoms with van der Waals surface area (Å²) in [5, 5.41) is 9.62. The minimum Gasteiger partial charge on any atom is -0.481 e. The lowest BCUT2D eigenvalue weighted by atomic mass is 10.0. The van der Waals surface area contributed by atoms with Gasteiger partial charge in [0.25, 0.3) is 0 Å². The molecule has 1 amide bonds. The highest BCUT2D eigenvalue weighted by Gasteiger charge is 2.17. The van der Waals surface area contributed by atoms with Gasteiger partial charge in [0.1, 0.15) is 0 Å². The van der Waals surface area contributed by atoms with Crippen LogP contribution in [0.2, 0.25) is 0 Å². The summed E-state index contributed by atoms with van der Waals surface area (Å²) < 4.78 is 5.21. The molecular weight excluding hydrogens is 430 g/mol. The Kier molecular flexibility index (Phi) is 9.29. The summed E-state index contributed by atoms with van der Waals surface area (Å²) in [7, 11) is 2.53. The summed E-state index contributed by atoms with van der Waals surface area (Å²) in [6.07, 6.45) is 9.34. The van der Waals surface area contributed by atoms with E-state index in [1.807, 2.05) is 18.2 Å². The first-order valence-corrected chi connectivity index (χ1v) is 12.0. The van der Waals surface area contributed by atoms with Crippen LogP contribution >= 0.6 is 0 Å². The summed E-state index contributed by atoms with van der Waals surface area (Å²) in [6, 6.07) is 3.61. The first-order chi connectivity index (χ1) is 14.8. The van der Waals surface area contributed by atoms with Gasteiger partial charge in [0, 0.05) is 23.4 Å². The molecule has 3 N–H and O–H groups in total. The Morgan fingerprint density at radius 3 is 2.77 bits per heavy atom. The van der Waals surface area contributed by atoms with Crippen LogP contribution in [-0.4, -0.2) is 37.1 Å². The van der Waals surface area contributed by atoms with E-state index < -0.39 is 9.64 Å². The van der Waals surface area contributed by atoms with Gasteiger partial charge in [0.05, 0.1) is 31.2 Å². The molecule has 2 aromatic rings. The number of amides is 1. The zero-order chi connectivity index (χ0) is 23.0. The van der Waals surface area contributed by atoms with E-state index in [4.69, 9.17) is 21.1 Å². The van der Waals surface area contributed by atoms with Crippen LogP contribution in [0.3, 0.4) is 0 Å². The van der Waals surface area contributed by atoms with Crippen LogP contribution < -0.4 is 20.1 Å². The first-order valence-electron chi connectivity index (χ1n) is 9.81. The zero-order valence-electron chi connectivity index (χ0n) is 18.3. The average molecular weight is 460 g/mol. The normalized spacial score (nSPS) is 13.8. The second kappa shape index (κ2) is 11.7. The molecule has 7 nitrogen and oxygen atoms in total. The summed E-state index contributed by atoms with van der Waals surface area (Å²) in [4.78, 5) is 23.3. The number of ether oxygens (including phenoxy) is 1. The van der Waals surface area contributed by atoms with Gasteiger partial charge in [0.15, 0.2) is 5.65 Å². The lowest BCUT2D eigenvalue weighted by Gasteiger charge is -2.23. The number of carbonyl (C=O) groups excluding carboxylic acids is 1. The molecule has 2 rings (SSSR count). The highest BCUT2D eigenvalue weighted by molar-refractivity contribution is 8.29. The number of rotatable bonds is 11. The molecule has 2 unspecified atom stereocenters. The molecule has 0 radical (unpaired) electrons. The molecule has 166 valence electrons. The molecule has 0 aliphatic heterocycles. The van der Waals surface area contributed by atoms with Crippen LogP contribution in [0.5, 0.6) is 5.88 Å². The van der Waals surface area contributed by atoms with Crippen LogP contribution in [0.15, 0.2) is 53.6 Å². The summed E-state index contributed by atoms with van der Waals surface area (Å²) >= 11 is 5.09. The predicted molar refractivity (Wildman–Crippen MR) is 134 cm³/mol. The molecule has 31 heavy (non-hydrogen) atoms. The van der Waals surface area contributed by atoms with Gasteiger partial charge in [-0.05, 0) is 44.5 Å². The number of hydrogen-bond acceptors (Lipinski definition) is 6. The smallest absolute Gasteiger partial charge is 0.215 e. The highest BCUT2D eigenvalue weighted by atomic mass is 32.8. The largest absolute Gasteiger partial charge is 0.481 e. The second-order valence-corrected chi connectivity index (χ2v) is 9.15. The van der Waals surface area contributed by atoms with Crippen molar-refractivity contribution in [2.45, 2.75) is 20.3 Å². The van der Waals surface area contributed by atoms with E-state index in [2.05, 4.69) is 41.8 Å². The number of fused-ring (bicyclic) bond motifs is 1. The Morgan fingerprint density at radius 2 is 2.19 bits per heavy atom. The third-order valence-electron chi connectivity index (χ3n) is 4.81. The monoisotopic (exact) mass is 459 g/mol. The van der Waals surface area contributed by atoms with Crippen molar-refractivity contribution >= 4 is 49.6 Å². The molecular formula is C22H29N5O2S2. The van der Waals surface area contributed by atoms with E-state index in [0.717, 1.165) is 29.5 Å². The fourth-order valence-corrected chi connectivity index (χ4v) is 3.30. The van der Waals surface area contributed by atoms with E-state index in [9.17, 15) is 4.79 Å². The van der Waals surface area contributed by atoms with Gasteiger partial charge in [-0.2, -0.15) is 4.98 Å². The number of methoxy groups -OCH3 is 1. The van der Waals surface area contributed by atoms with Crippen LogP contribution in [0.4, 0.5) is 11.4 Å². The molecule has 0 bridgehead atoms. The Bertz CT molecular complexity index is 1040. The Labute approximate surface area is 190 Å². The number of hydrogen-bond donors (Lipinski definition) is 2. The topological polar surface area (TPSA) is 93.4 Å². The molecule has 0 spiro atoms. The van der Waals surface area contributed by atoms with E-state index >= 15 is 0 Å². The third-order valence-corrected chi connectivity index (χ3v) is 6.10. The Morgan fingerprint density at radius 1 is 1.45 bits per heavy atom. The van der Waals surface area contributed by atoms with Gasteiger partial charge >= 0.3 is 0 Å². The van der Waals surface area contributed by atoms with Crippen molar-refractivity contribution in [1.29, 1.82) is 0 Å². The van der Waals surface area contributed by atoms with Crippen molar-refractivity contribution < 1.29 is 9.53 Å². The van der Waals surface area contributed by atoms with Gasteiger partial charge in [-0.1, -0.05) is 39.0 Å². The number of nitrogens with two attached hydrogens (primary N) is 1. The predicted octanol–water partition coefficient (Wildman–Crippen LogP) is 3.64. The summed E-state index contributed by atoms with van der Waals surface area (Å²) in [5.41, 5.74) is 2.87. The number of pyridine rings is 2. The zero-order valence-corrected chi connectivity index (χ0v) is 19.9. The van der Waals surface area contributed by atoms with Gasteiger partial charge in [-0.15, -0.1) is 0 Å². The molecule has 9 heteroatoms. The van der Waals surface area contributed by atoms with E-state index in [1.165, 1.54) is 0 Å². The Hall–Kier alpha value is -2.62.